The summed E-state index contributed by atoms with van der Waals surface area (Å²) in [5, 5.41) is 5.62. The molecule has 3 heterocycles. The number of rotatable bonds is 4. The van der Waals surface area contributed by atoms with E-state index in [-0.39, 0.29) is 6.04 Å². The van der Waals surface area contributed by atoms with Crippen molar-refractivity contribution in [2.75, 3.05) is 5.32 Å². The first-order chi connectivity index (χ1) is 10.1. The van der Waals surface area contributed by atoms with Crippen LogP contribution in [-0.2, 0) is 7.05 Å². The number of imidazole rings is 1. The van der Waals surface area contributed by atoms with Gasteiger partial charge in [-0.3, -0.25) is 0 Å². The molecule has 1 N–H and O–H groups in total. The maximum Gasteiger partial charge on any atom is 0.136 e. The summed E-state index contributed by atoms with van der Waals surface area (Å²) in [6.45, 7) is 2.03. The number of hydrogen-bond donors (Lipinski definition) is 1. The van der Waals surface area contributed by atoms with Crippen molar-refractivity contribution in [2.45, 2.75) is 13.0 Å². The third kappa shape index (κ3) is 3.01. The van der Waals surface area contributed by atoms with Gasteiger partial charge in [0, 0.05) is 24.3 Å². The number of nitrogens with zero attached hydrogens (tertiary/aromatic N) is 3. The molecule has 0 spiro atoms. The molecule has 0 bridgehead atoms. The molecular formula is C15H15BrN4S. The van der Waals surface area contributed by atoms with Crippen LogP contribution in [0.5, 0.6) is 0 Å². The van der Waals surface area contributed by atoms with Crippen LogP contribution in [0.15, 0.2) is 46.8 Å². The third-order valence-electron chi connectivity index (χ3n) is 3.27. The fourth-order valence-corrected chi connectivity index (χ4v) is 3.17. The van der Waals surface area contributed by atoms with Crippen LogP contribution in [0.2, 0.25) is 0 Å². The summed E-state index contributed by atoms with van der Waals surface area (Å²) in [5.41, 5.74) is 2.09. The van der Waals surface area contributed by atoms with E-state index in [2.05, 4.69) is 54.8 Å². The van der Waals surface area contributed by atoms with Gasteiger partial charge in [0.2, 0.25) is 0 Å². The van der Waals surface area contributed by atoms with Crippen LogP contribution in [0.25, 0.3) is 0 Å². The predicted octanol–water partition coefficient (Wildman–Crippen LogP) is 4.15. The second-order valence-corrected chi connectivity index (χ2v) is 6.55. The number of anilines is 1. The minimum Gasteiger partial charge on any atom is -0.370 e. The molecule has 108 valence electrons. The van der Waals surface area contributed by atoms with Gasteiger partial charge >= 0.3 is 0 Å². The second kappa shape index (κ2) is 5.99. The standard InChI is InChI=1S/C15H15BrN4S/c1-10-8-11(9-18-14(10)16)19-13(12-4-3-7-21-12)15-17-5-6-20(15)2/h3-9,13,19H,1-2H3. The number of thiophene rings is 1. The number of aromatic nitrogens is 3. The molecule has 0 radical (unpaired) electrons. The Hall–Kier alpha value is -1.66. The summed E-state index contributed by atoms with van der Waals surface area (Å²) in [6.07, 6.45) is 5.62. The molecular weight excluding hydrogens is 348 g/mol. The van der Waals surface area contributed by atoms with Gasteiger partial charge in [0.15, 0.2) is 0 Å². The van der Waals surface area contributed by atoms with Crippen LogP contribution < -0.4 is 5.32 Å². The average Bonchev–Trinajstić information content (AvgIpc) is 3.12. The third-order valence-corrected chi connectivity index (χ3v) is 5.04. The Bertz CT molecular complexity index is 736. The highest BCUT2D eigenvalue weighted by Crippen LogP contribution is 2.29. The largest absolute Gasteiger partial charge is 0.370 e. The minimum atomic E-state index is 0.0207. The van der Waals surface area contributed by atoms with E-state index in [0.29, 0.717) is 0 Å². The van der Waals surface area contributed by atoms with Crippen LogP contribution in [-0.4, -0.2) is 14.5 Å². The van der Waals surface area contributed by atoms with E-state index in [1.54, 1.807) is 11.3 Å². The fourth-order valence-electron chi connectivity index (χ4n) is 2.18. The maximum absolute atomic E-state index is 4.49. The summed E-state index contributed by atoms with van der Waals surface area (Å²) in [6, 6.07) is 6.28. The van der Waals surface area contributed by atoms with Gasteiger partial charge in [0.25, 0.3) is 0 Å². The molecule has 0 aliphatic heterocycles. The molecule has 4 nitrogen and oxygen atoms in total. The Morgan fingerprint density at radius 3 is 2.86 bits per heavy atom. The van der Waals surface area contributed by atoms with Crippen molar-refractivity contribution in [3.05, 3.63) is 63.0 Å². The van der Waals surface area contributed by atoms with Crippen LogP contribution in [0.4, 0.5) is 5.69 Å². The van der Waals surface area contributed by atoms with E-state index in [1.807, 2.05) is 37.1 Å². The second-order valence-electron chi connectivity index (χ2n) is 4.82. The van der Waals surface area contributed by atoms with E-state index in [4.69, 9.17) is 0 Å². The molecule has 6 heteroatoms. The molecule has 0 amide bonds. The molecule has 0 aliphatic carbocycles. The Kier molecular flexibility index (Phi) is 4.07. The zero-order valence-corrected chi connectivity index (χ0v) is 14.1. The fraction of sp³-hybridized carbons (Fsp3) is 0.200. The number of hydrogen-bond acceptors (Lipinski definition) is 4. The van der Waals surface area contributed by atoms with Crippen LogP contribution in [0, 0.1) is 6.92 Å². The van der Waals surface area contributed by atoms with E-state index in [9.17, 15) is 0 Å². The zero-order chi connectivity index (χ0) is 14.8. The van der Waals surface area contributed by atoms with E-state index >= 15 is 0 Å². The molecule has 3 aromatic rings. The lowest BCUT2D eigenvalue weighted by Gasteiger charge is -2.19. The summed E-state index contributed by atoms with van der Waals surface area (Å²) >= 11 is 5.15. The van der Waals surface area contributed by atoms with Gasteiger partial charge < -0.3 is 9.88 Å². The van der Waals surface area contributed by atoms with Crippen molar-refractivity contribution < 1.29 is 0 Å². The minimum absolute atomic E-state index is 0.0207. The van der Waals surface area contributed by atoms with Gasteiger partial charge in [-0.15, -0.1) is 11.3 Å². The van der Waals surface area contributed by atoms with Gasteiger partial charge in [-0.1, -0.05) is 6.07 Å². The van der Waals surface area contributed by atoms with Crippen LogP contribution in [0.1, 0.15) is 22.3 Å². The van der Waals surface area contributed by atoms with Gasteiger partial charge in [-0.25, -0.2) is 9.97 Å². The average molecular weight is 363 g/mol. The van der Waals surface area contributed by atoms with Gasteiger partial charge in [-0.05, 0) is 45.9 Å². The first-order valence-corrected chi connectivity index (χ1v) is 8.21. The van der Waals surface area contributed by atoms with E-state index in [1.165, 1.54) is 4.88 Å². The van der Waals surface area contributed by atoms with Crippen LogP contribution in [0.3, 0.4) is 0 Å². The highest BCUT2D eigenvalue weighted by molar-refractivity contribution is 9.10. The number of aryl methyl sites for hydroxylation is 2. The summed E-state index contributed by atoms with van der Waals surface area (Å²) < 4.78 is 2.91. The molecule has 0 saturated carbocycles. The lowest BCUT2D eigenvalue weighted by molar-refractivity contribution is 0.756. The summed E-state index contributed by atoms with van der Waals surface area (Å²) in [5.74, 6) is 0.984. The molecule has 0 fully saturated rings. The lowest BCUT2D eigenvalue weighted by Crippen LogP contribution is -2.15. The Morgan fingerprint density at radius 1 is 1.38 bits per heavy atom. The van der Waals surface area contributed by atoms with Crippen LogP contribution >= 0.6 is 27.3 Å². The van der Waals surface area contributed by atoms with Gasteiger partial charge in [0.05, 0.1) is 11.9 Å². The zero-order valence-electron chi connectivity index (χ0n) is 11.7. The first kappa shape index (κ1) is 14.3. The molecule has 0 aromatic carbocycles. The molecule has 0 saturated heterocycles. The van der Waals surface area contributed by atoms with E-state index < -0.39 is 0 Å². The Morgan fingerprint density at radius 2 is 2.24 bits per heavy atom. The summed E-state index contributed by atoms with van der Waals surface area (Å²) in [4.78, 5) is 10.1. The topological polar surface area (TPSA) is 42.7 Å². The normalized spacial score (nSPS) is 12.3. The Balaban J connectivity index is 1.97. The monoisotopic (exact) mass is 362 g/mol. The number of halogens is 1. The van der Waals surface area contributed by atoms with Crippen molar-refractivity contribution in [3.8, 4) is 0 Å². The number of pyridine rings is 1. The highest BCUT2D eigenvalue weighted by atomic mass is 79.9. The smallest absolute Gasteiger partial charge is 0.136 e. The Labute approximate surface area is 136 Å². The molecule has 3 rings (SSSR count). The molecule has 0 aliphatic rings. The van der Waals surface area contributed by atoms with Crippen molar-refractivity contribution in [1.29, 1.82) is 0 Å². The van der Waals surface area contributed by atoms with Crippen molar-refractivity contribution >= 4 is 33.0 Å². The molecule has 21 heavy (non-hydrogen) atoms. The van der Waals surface area contributed by atoms with Crippen molar-refractivity contribution in [1.82, 2.24) is 14.5 Å². The number of nitrogens with one attached hydrogen (secondary N) is 1. The predicted molar refractivity (Wildman–Crippen MR) is 89.7 cm³/mol. The molecule has 1 atom stereocenters. The molecule has 1 unspecified atom stereocenters. The van der Waals surface area contributed by atoms with Crippen molar-refractivity contribution in [2.24, 2.45) is 7.05 Å². The SMILES string of the molecule is Cc1cc(NC(c2cccs2)c2nccn2C)cnc1Br. The quantitative estimate of drug-likeness (QED) is 0.708. The van der Waals surface area contributed by atoms with E-state index in [0.717, 1.165) is 21.7 Å². The van der Waals surface area contributed by atoms with Gasteiger partial charge in [-0.2, -0.15) is 0 Å². The first-order valence-electron chi connectivity index (χ1n) is 6.54. The van der Waals surface area contributed by atoms with Gasteiger partial charge in [0.1, 0.15) is 16.5 Å². The molecule has 3 aromatic heterocycles. The van der Waals surface area contributed by atoms with Crippen molar-refractivity contribution in [3.63, 3.8) is 0 Å². The lowest BCUT2D eigenvalue weighted by atomic mass is 10.2. The highest BCUT2D eigenvalue weighted by Gasteiger charge is 2.19. The maximum atomic E-state index is 4.49. The summed E-state index contributed by atoms with van der Waals surface area (Å²) in [7, 11) is 2.01.